The zero-order chi connectivity index (χ0) is 17.7. The maximum absolute atomic E-state index is 12.5. The van der Waals surface area contributed by atoms with Crippen LogP contribution in [0.1, 0.15) is 36.8 Å². The van der Waals surface area contributed by atoms with Gasteiger partial charge in [-0.25, -0.2) is 9.78 Å². The first kappa shape index (κ1) is 14.8. The van der Waals surface area contributed by atoms with Gasteiger partial charge in [-0.2, -0.15) is 0 Å². The number of imide groups is 1. The van der Waals surface area contributed by atoms with Crippen molar-refractivity contribution in [2.75, 3.05) is 0 Å². The van der Waals surface area contributed by atoms with E-state index in [2.05, 4.69) is 9.97 Å². The van der Waals surface area contributed by atoms with Crippen molar-refractivity contribution in [3.63, 3.8) is 0 Å². The molecule has 2 amide bonds. The number of aryl methyl sites for hydroxylation is 1. The van der Waals surface area contributed by atoms with E-state index < -0.39 is 23.3 Å². The first-order chi connectivity index (χ1) is 12.0. The number of aromatic nitrogens is 2. The number of carbonyl (C=O) groups is 3. The summed E-state index contributed by atoms with van der Waals surface area (Å²) < 4.78 is 5.26. The number of benzene rings is 1. The zero-order valence-corrected chi connectivity index (χ0v) is 12.7. The van der Waals surface area contributed by atoms with Crippen LogP contribution in [0.25, 0.3) is 11.1 Å². The van der Waals surface area contributed by atoms with Crippen LogP contribution in [-0.4, -0.2) is 32.8 Å². The van der Waals surface area contributed by atoms with E-state index in [1.54, 1.807) is 12.1 Å². The lowest BCUT2D eigenvalue weighted by molar-refractivity contribution is -0.0584. The average Bonchev–Trinajstić information content (AvgIpc) is 3.06. The third-order valence-electron chi connectivity index (χ3n) is 3.81. The topological polar surface area (TPSA) is 123 Å². The van der Waals surface area contributed by atoms with Crippen LogP contribution < -0.4 is 5.56 Å². The summed E-state index contributed by atoms with van der Waals surface area (Å²) in [5.74, 6) is -2.50. The SMILES string of the molecule is Cc1oc2nc[nH]c(=O)c2c1C(=O)ON1C(=O)c2ccccc2C1=O. The highest BCUT2D eigenvalue weighted by molar-refractivity contribution is 6.21. The number of nitrogens with zero attached hydrogens (tertiary/aromatic N) is 2. The van der Waals surface area contributed by atoms with Crippen LogP contribution in [0.2, 0.25) is 0 Å². The standard InChI is InChI=1S/C16H9N3O6/c1-7-10(11-12(20)17-6-18-13(11)24-7)16(23)25-19-14(21)8-4-2-3-5-9(8)15(19)22/h2-6H,1H3,(H,17,18,20). The van der Waals surface area contributed by atoms with Gasteiger partial charge in [0.1, 0.15) is 16.7 Å². The molecule has 0 bridgehead atoms. The lowest BCUT2D eigenvalue weighted by Gasteiger charge is -2.12. The summed E-state index contributed by atoms with van der Waals surface area (Å²) in [7, 11) is 0. The number of rotatable bonds is 2. The van der Waals surface area contributed by atoms with E-state index in [1.165, 1.54) is 19.1 Å². The van der Waals surface area contributed by atoms with E-state index in [0.29, 0.717) is 5.06 Å². The Balaban J connectivity index is 1.73. The van der Waals surface area contributed by atoms with Crippen molar-refractivity contribution in [2.45, 2.75) is 6.92 Å². The molecule has 124 valence electrons. The van der Waals surface area contributed by atoms with Crippen LogP contribution in [0.15, 0.2) is 39.8 Å². The maximum atomic E-state index is 12.5. The van der Waals surface area contributed by atoms with Crippen LogP contribution in [0, 0.1) is 6.92 Å². The molecule has 0 saturated carbocycles. The Morgan fingerprint density at radius 1 is 1.16 bits per heavy atom. The number of carbonyl (C=O) groups excluding carboxylic acids is 3. The van der Waals surface area contributed by atoms with Crippen molar-refractivity contribution in [1.29, 1.82) is 0 Å². The van der Waals surface area contributed by atoms with E-state index in [4.69, 9.17) is 9.25 Å². The molecule has 1 aliphatic rings. The van der Waals surface area contributed by atoms with E-state index in [0.717, 1.165) is 6.33 Å². The van der Waals surface area contributed by atoms with Crippen LogP contribution >= 0.6 is 0 Å². The van der Waals surface area contributed by atoms with Crippen molar-refractivity contribution >= 4 is 28.9 Å². The molecule has 0 radical (unpaired) electrons. The molecule has 9 nitrogen and oxygen atoms in total. The van der Waals surface area contributed by atoms with Crippen LogP contribution in [-0.2, 0) is 4.84 Å². The van der Waals surface area contributed by atoms with Gasteiger partial charge < -0.3 is 14.2 Å². The molecule has 1 aliphatic heterocycles. The Kier molecular flexibility index (Phi) is 3.04. The van der Waals surface area contributed by atoms with Gasteiger partial charge >= 0.3 is 5.97 Å². The number of aromatic amines is 1. The fourth-order valence-corrected chi connectivity index (χ4v) is 2.68. The summed E-state index contributed by atoms with van der Waals surface area (Å²) >= 11 is 0. The average molecular weight is 339 g/mol. The van der Waals surface area contributed by atoms with E-state index in [-0.39, 0.29) is 33.6 Å². The Morgan fingerprint density at radius 3 is 2.44 bits per heavy atom. The quantitative estimate of drug-likeness (QED) is 0.696. The van der Waals surface area contributed by atoms with Crippen molar-refractivity contribution < 1.29 is 23.6 Å². The zero-order valence-electron chi connectivity index (χ0n) is 12.7. The van der Waals surface area contributed by atoms with Crippen LogP contribution in [0.4, 0.5) is 0 Å². The molecular formula is C16H9N3O6. The number of furan rings is 1. The molecule has 9 heteroatoms. The van der Waals surface area contributed by atoms with E-state index >= 15 is 0 Å². The summed E-state index contributed by atoms with van der Waals surface area (Å²) in [6, 6.07) is 6.09. The third kappa shape index (κ3) is 2.06. The molecule has 1 aromatic carbocycles. The highest BCUT2D eigenvalue weighted by atomic mass is 16.7. The van der Waals surface area contributed by atoms with Crippen LogP contribution in [0.5, 0.6) is 0 Å². The highest BCUT2D eigenvalue weighted by Crippen LogP contribution is 2.26. The van der Waals surface area contributed by atoms with Gasteiger partial charge in [0, 0.05) is 0 Å². The first-order valence-corrected chi connectivity index (χ1v) is 7.16. The number of hydrogen-bond donors (Lipinski definition) is 1. The smallest absolute Gasteiger partial charge is 0.368 e. The van der Waals surface area contributed by atoms with E-state index in [1.807, 2.05) is 0 Å². The molecule has 0 fully saturated rings. The highest BCUT2D eigenvalue weighted by Gasteiger charge is 2.39. The number of amides is 2. The minimum absolute atomic E-state index is 0.0458. The number of hydroxylamine groups is 2. The van der Waals surface area contributed by atoms with Crippen molar-refractivity contribution in [3.8, 4) is 0 Å². The van der Waals surface area contributed by atoms with Gasteiger partial charge in [-0.1, -0.05) is 17.2 Å². The monoisotopic (exact) mass is 339 g/mol. The summed E-state index contributed by atoms with van der Waals surface area (Å²) in [5.41, 5.74) is -0.574. The molecule has 1 N–H and O–H groups in total. The van der Waals surface area contributed by atoms with E-state index in [9.17, 15) is 19.2 Å². The Bertz CT molecular complexity index is 1090. The van der Waals surface area contributed by atoms with Gasteiger partial charge in [0.2, 0.25) is 5.71 Å². The number of hydrogen-bond acceptors (Lipinski definition) is 7. The molecule has 0 atom stereocenters. The fraction of sp³-hybridized carbons (Fsp3) is 0.0625. The van der Waals surface area contributed by atoms with Gasteiger partial charge in [0.05, 0.1) is 17.5 Å². The molecule has 0 spiro atoms. The molecule has 3 heterocycles. The molecular weight excluding hydrogens is 330 g/mol. The molecule has 25 heavy (non-hydrogen) atoms. The van der Waals surface area contributed by atoms with Gasteiger partial charge in [-0.3, -0.25) is 14.4 Å². The largest absolute Gasteiger partial charge is 0.442 e. The Hall–Kier alpha value is -3.75. The third-order valence-corrected chi connectivity index (χ3v) is 3.81. The molecule has 4 rings (SSSR count). The summed E-state index contributed by atoms with van der Waals surface area (Å²) in [5, 5.41) is 0.261. The fourth-order valence-electron chi connectivity index (χ4n) is 2.68. The van der Waals surface area contributed by atoms with Gasteiger partial charge in [0.15, 0.2) is 0 Å². The maximum Gasteiger partial charge on any atom is 0.368 e. The molecule has 0 unspecified atom stereocenters. The Morgan fingerprint density at radius 2 is 1.80 bits per heavy atom. The van der Waals surface area contributed by atoms with Gasteiger partial charge in [-0.05, 0) is 19.1 Å². The van der Waals surface area contributed by atoms with Gasteiger partial charge in [-0.15, -0.1) is 0 Å². The lowest BCUT2D eigenvalue weighted by atomic mass is 10.1. The summed E-state index contributed by atoms with van der Waals surface area (Å²) in [4.78, 5) is 60.0. The Labute approximate surface area is 138 Å². The van der Waals surface area contributed by atoms with Gasteiger partial charge in [0.25, 0.3) is 17.4 Å². The second kappa shape index (κ2) is 5.13. The number of nitrogens with one attached hydrogen (secondary N) is 1. The normalized spacial score (nSPS) is 13.4. The molecule has 2 aromatic heterocycles. The second-order valence-electron chi connectivity index (χ2n) is 5.27. The minimum Gasteiger partial charge on any atom is -0.442 e. The van der Waals surface area contributed by atoms with Crippen molar-refractivity contribution in [3.05, 3.63) is 63.4 Å². The molecule has 0 aliphatic carbocycles. The van der Waals surface area contributed by atoms with Crippen LogP contribution in [0.3, 0.4) is 0 Å². The number of fused-ring (bicyclic) bond motifs is 2. The first-order valence-electron chi connectivity index (χ1n) is 7.16. The predicted octanol–water partition coefficient (Wildman–Crippen LogP) is 1.19. The second-order valence-corrected chi connectivity index (χ2v) is 5.27. The molecule has 0 saturated heterocycles. The minimum atomic E-state index is -1.07. The van der Waals surface area contributed by atoms with Crippen molar-refractivity contribution in [2.24, 2.45) is 0 Å². The predicted molar refractivity (Wildman–Crippen MR) is 81.7 cm³/mol. The number of H-pyrrole nitrogens is 1. The summed E-state index contributed by atoms with van der Waals surface area (Å²) in [6.07, 6.45) is 1.13. The molecule has 3 aromatic rings. The summed E-state index contributed by atoms with van der Waals surface area (Å²) in [6.45, 7) is 1.44. The van der Waals surface area contributed by atoms with Crippen molar-refractivity contribution in [1.82, 2.24) is 15.0 Å². The lowest BCUT2D eigenvalue weighted by Crippen LogP contribution is -2.33.